The van der Waals surface area contributed by atoms with Crippen molar-refractivity contribution in [2.24, 2.45) is 0 Å². The van der Waals surface area contributed by atoms with Crippen LogP contribution in [0.4, 0.5) is 17.1 Å². The van der Waals surface area contributed by atoms with Gasteiger partial charge in [-0.25, -0.2) is 0 Å². The maximum Gasteiger partial charge on any atom is 0.324 e. The number of likely N-dealkylation sites (tertiary alicyclic amines) is 1. The highest BCUT2D eigenvalue weighted by Gasteiger charge is 2.30. The first-order valence-electron chi connectivity index (χ1n) is 7.91. The minimum atomic E-state index is -1.21. The number of allylic oxidation sites excluding steroid dienone is 1. The molecule has 1 aliphatic heterocycles. The average molecular weight is 381 g/mol. The number of nitro benzene ring substituents is 3. The van der Waals surface area contributed by atoms with Gasteiger partial charge in [-0.3, -0.25) is 30.3 Å². The molecule has 27 heavy (non-hydrogen) atoms. The van der Waals surface area contributed by atoms with Gasteiger partial charge in [0.2, 0.25) is 0 Å². The summed E-state index contributed by atoms with van der Waals surface area (Å²) in [6, 6.07) is 0.894. The monoisotopic (exact) mass is 381 g/mol. The van der Waals surface area contributed by atoms with Gasteiger partial charge >= 0.3 is 11.4 Å². The quantitative estimate of drug-likeness (QED) is 0.443. The van der Waals surface area contributed by atoms with Crippen molar-refractivity contribution >= 4 is 22.8 Å². The molecule has 1 saturated heterocycles. The number of nitrogens with one attached hydrogen (secondary N) is 1. The van der Waals surface area contributed by atoms with E-state index in [1.807, 2.05) is 12.3 Å². The van der Waals surface area contributed by atoms with Gasteiger partial charge in [0, 0.05) is 25.0 Å². The molecule has 1 fully saturated rings. The van der Waals surface area contributed by atoms with Crippen molar-refractivity contribution in [1.82, 2.24) is 4.90 Å². The second-order valence-corrected chi connectivity index (χ2v) is 5.70. The van der Waals surface area contributed by atoms with Crippen LogP contribution in [0.15, 0.2) is 24.4 Å². The molecule has 1 aromatic carbocycles. The Hall–Kier alpha value is -3.57. The first-order valence-corrected chi connectivity index (χ1v) is 7.91. The SMILES string of the molecule is CC(=N)C=CN1CCCCC1.O=[N+]([O-])c1cc([N+](=O)[O-])c(O)c([N+](=O)[O-])c1. The lowest BCUT2D eigenvalue weighted by Crippen LogP contribution is -2.24. The molecule has 0 aliphatic carbocycles. The highest BCUT2D eigenvalue weighted by Crippen LogP contribution is 2.38. The first kappa shape index (κ1) is 21.5. The van der Waals surface area contributed by atoms with Gasteiger partial charge in [-0.2, -0.15) is 0 Å². The number of benzene rings is 1. The van der Waals surface area contributed by atoms with Crippen molar-refractivity contribution < 1.29 is 19.9 Å². The third kappa shape index (κ3) is 6.68. The lowest BCUT2D eigenvalue weighted by atomic mass is 10.1. The fraction of sp³-hybridized carbons (Fsp3) is 0.400. The van der Waals surface area contributed by atoms with E-state index in [-0.39, 0.29) is 0 Å². The summed E-state index contributed by atoms with van der Waals surface area (Å²) in [6.45, 7) is 4.15. The van der Waals surface area contributed by atoms with Gasteiger partial charge in [-0.1, -0.05) is 0 Å². The van der Waals surface area contributed by atoms with Crippen molar-refractivity contribution in [2.45, 2.75) is 26.2 Å². The summed E-state index contributed by atoms with van der Waals surface area (Å²) in [5.41, 5.74) is -2.37. The van der Waals surface area contributed by atoms with E-state index in [1.165, 1.54) is 32.4 Å². The smallest absolute Gasteiger partial charge is 0.324 e. The third-order valence-electron chi connectivity index (χ3n) is 3.58. The van der Waals surface area contributed by atoms with Gasteiger partial charge in [-0.15, -0.1) is 0 Å². The highest BCUT2D eigenvalue weighted by atomic mass is 16.6. The Bertz CT molecular complexity index is 737. The molecule has 12 heteroatoms. The van der Waals surface area contributed by atoms with Crippen molar-refractivity contribution in [3.63, 3.8) is 0 Å². The summed E-state index contributed by atoms with van der Waals surface area (Å²) in [5.74, 6) is -1.21. The summed E-state index contributed by atoms with van der Waals surface area (Å²) in [6.07, 6.45) is 7.89. The molecule has 1 aliphatic rings. The molecular weight excluding hydrogens is 362 g/mol. The number of rotatable bonds is 5. The minimum absolute atomic E-state index is 0.447. The van der Waals surface area contributed by atoms with E-state index in [9.17, 15) is 30.3 Å². The molecule has 146 valence electrons. The number of aromatic hydroxyl groups is 1. The highest BCUT2D eigenvalue weighted by molar-refractivity contribution is 5.89. The van der Waals surface area contributed by atoms with E-state index < -0.39 is 37.6 Å². The van der Waals surface area contributed by atoms with Crippen LogP contribution in [-0.2, 0) is 0 Å². The van der Waals surface area contributed by atoms with Gasteiger partial charge in [0.05, 0.1) is 26.9 Å². The van der Waals surface area contributed by atoms with Crippen molar-refractivity contribution in [1.29, 1.82) is 5.41 Å². The number of phenolic OH excluding ortho intramolecular Hbond substituents is 1. The Balaban J connectivity index is 0.000000289. The van der Waals surface area contributed by atoms with Gasteiger partial charge < -0.3 is 15.4 Å². The largest absolute Gasteiger partial charge is 0.497 e. The van der Waals surface area contributed by atoms with Crippen LogP contribution < -0.4 is 0 Å². The number of nitro groups is 3. The summed E-state index contributed by atoms with van der Waals surface area (Å²) >= 11 is 0. The van der Waals surface area contributed by atoms with Crippen LogP contribution in [0.25, 0.3) is 0 Å². The normalized spacial score (nSPS) is 13.6. The zero-order valence-electron chi connectivity index (χ0n) is 14.5. The fourth-order valence-electron chi connectivity index (χ4n) is 2.26. The fourth-order valence-corrected chi connectivity index (χ4v) is 2.26. The summed E-state index contributed by atoms with van der Waals surface area (Å²) < 4.78 is 0. The van der Waals surface area contributed by atoms with E-state index in [0.29, 0.717) is 17.8 Å². The number of non-ortho nitro benzene ring substituents is 1. The Kier molecular flexibility index (Phi) is 7.79. The van der Waals surface area contributed by atoms with E-state index in [1.54, 1.807) is 6.92 Å². The molecule has 1 heterocycles. The molecule has 0 aromatic heterocycles. The molecule has 0 radical (unpaired) electrons. The van der Waals surface area contributed by atoms with E-state index in [4.69, 9.17) is 10.5 Å². The van der Waals surface area contributed by atoms with Crippen LogP contribution in [-0.4, -0.2) is 43.6 Å². The first-order chi connectivity index (χ1) is 12.6. The van der Waals surface area contributed by atoms with Crippen LogP contribution in [0.1, 0.15) is 26.2 Å². The van der Waals surface area contributed by atoms with E-state index in [2.05, 4.69) is 4.90 Å². The molecule has 1 aromatic rings. The Morgan fingerprint density at radius 3 is 1.89 bits per heavy atom. The molecule has 2 N–H and O–H groups in total. The summed E-state index contributed by atoms with van der Waals surface area (Å²) in [7, 11) is 0. The predicted octanol–water partition coefficient (Wildman–Crippen LogP) is 3.14. The van der Waals surface area contributed by atoms with Gasteiger partial charge in [-0.05, 0) is 32.3 Å². The van der Waals surface area contributed by atoms with Crippen LogP contribution in [0, 0.1) is 35.8 Å². The van der Waals surface area contributed by atoms with Crippen molar-refractivity contribution in [3.05, 3.63) is 54.8 Å². The molecule has 0 saturated carbocycles. The van der Waals surface area contributed by atoms with Gasteiger partial charge in [0.25, 0.3) is 11.4 Å². The Morgan fingerprint density at radius 1 is 1.04 bits per heavy atom. The molecular formula is C15H19N5O7. The molecule has 2 rings (SSSR count). The second kappa shape index (κ2) is 9.79. The zero-order chi connectivity index (χ0) is 20.6. The standard InChI is InChI=1S/C9H16N2.C6H3N3O7/c1-9(10)5-8-11-6-3-2-4-7-11;10-6-4(8(13)14)1-3(7(11)12)2-5(6)9(15)16/h5,8,10H,2-4,6-7H2,1H3;1-2,10H. The molecule has 0 unspecified atom stereocenters. The lowest BCUT2D eigenvalue weighted by Gasteiger charge is -2.24. The van der Waals surface area contributed by atoms with Crippen molar-refractivity contribution in [2.75, 3.05) is 13.1 Å². The number of hydrogen-bond acceptors (Lipinski definition) is 9. The van der Waals surface area contributed by atoms with Crippen LogP contribution in [0.3, 0.4) is 0 Å². The molecule has 0 amide bonds. The van der Waals surface area contributed by atoms with E-state index in [0.717, 1.165) is 0 Å². The van der Waals surface area contributed by atoms with E-state index >= 15 is 0 Å². The number of nitrogens with zero attached hydrogens (tertiary/aromatic N) is 4. The summed E-state index contributed by atoms with van der Waals surface area (Å²) in [5, 5.41) is 47.4. The molecule has 0 spiro atoms. The van der Waals surface area contributed by atoms with Crippen molar-refractivity contribution in [3.8, 4) is 5.75 Å². The Labute approximate surface area is 153 Å². The minimum Gasteiger partial charge on any atom is -0.497 e. The summed E-state index contributed by atoms with van der Waals surface area (Å²) in [4.78, 5) is 30.1. The van der Waals surface area contributed by atoms with Gasteiger partial charge in [0.1, 0.15) is 0 Å². The maximum absolute atomic E-state index is 10.4. The lowest BCUT2D eigenvalue weighted by molar-refractivity contribution is -0.404. The molecule has 0 atom stereocenters. The second-order valence-electron chi connectivity index (χ2n) is 5.70. The number of piperidine rings is 1. The molecule has 0 bridgehead atoms. The predicted molar refractivity (Wildman–Crippen MR) is 96.0 cm³/mol. The maximum atomic E-state index is 10.4. The van der Waals surface area contributed by atoms with Crippen LogP contribution in [0.2, 0.25) is 0 Å². The van der Waals surface area contributed by atoms with Crippen LogP contribution in [0.5, 0.6) is 5.75 Å². The van der Waals surface area contributed by atoms with Crippen LogP contribution >= 0.6 is 0 Å². The van der Waals surface area contributed by atoms with Gasteiger partial charge in [0.15, 0.2) is 0 Å². The average Bonchev–Trinajstić information content (AvgIpc) is 2.60. The Morgan fingerprint density at radius 2 is 1.52 bits per heavy atom. The number of phenols is 1. The zero-order valence-corrected chi connectivity index (χ0v) is 14.5. The topological polar surface area (TPSA) is 177 Å². The number of hydrogen-bond donors (Lipinski definition) is 2. The molecule has 12 nitrogen and oxygen atoms in total. The third-order valence-corrected chi connectivity index (χ3v) is 3.58.